The molecule has 1 aromatic rings. The van der Waals surface area contributed by atoms with Crippen LogP contribution in [0.15, 0.2) is 11.4 Å². The molecule has 11 heavy (non-hydrogen) atoms. The first kappa shape index (κ1) is 8.20. The molecule has 1 heterocycles. The molecule has 1 aromatic heterocycles. The summed E-state index contributed by atoms with van der Waals surface area (Å²) in [5.41, 5.74) is 1.04. The van der Waals surface area contributed by atoms with E-state index in [-0.39, 0.29) is 9.92 Å². The molecule has 0 N–H and O–H groups in total. The fourth-order valence-corrected chi connectivity index (χ4v) is 1.62. The molecular weight excluding hydrogens is 162 g/mol. The second-order valence-corrected chi connectivity index (χ2v) is 3.52. The quantitative estimate of drug-likeness (QED) is 0.507. The highest BCUT2D eigenvalue weighted by Gasteiger charge is 2.10. The lowest BCUT2D eigenvalue weighted by atomic mass is 10.1. The number of nitro groups is 1. The van der Waals surface area contributed by atoms with Crippen molar-refractivity contribution in [2.45, 2.75) is 19.8 Å². The number of nitrogens with zero attached hydrogens (tertiary/aromatic N) is 1. The monoisotopic (exact) mass is 171 g/mol. The Morgan fingerprint density at radius 2 is 2.27 bits per heavy atom. The average Bonchev–Trinajstić information content (AvgIpc) is 2.33. The van der Waals surface area contributed by atoms with Crippen LogP contribution in [0.3, 0.4) is 0 Å². The van der Waals surface area contributed by atoms with Crippen LogP contribution in [0.1, 0.15) is 25.3 Å². The molecule has 0 spiro atoms. The summed E-state index contributed by atoms with van der Waals surface area (Å²) in [4.78, 5) is 9.90. The van der Waals surface area contributed by atoms with Gasteiger partial charge in [0, 0.05) is 11.4 Å². The zero-order chi connectivity index (χ0) is 8.43. The molecule has 0 saturated carbocycles. The Morgan fingerprint density at radius 3 is 2.55 bits per heavy atom. The zero-order valence-corrected chi connectivity index (χ0v) is 7.22. The largest absolute Gasteiger partial charge is 0.324 e. The Kier molecular flexibility index (Phi) is 2.24. The first-order chi connectivity index (χ1) is 5.11. The van der Waals surface area contributed by atoms with E-state index in [9.17, 15) is 10.1 Å². The standard InChI is InChI=1S/C7H9NO2S/c1-5(2)6-3-7(8(9)10)11-4-6/h3-5H,1-2H3. The molecule has 0 atom stereocenters. The highest BCUT2D eigenvalue weighted by Crippen LogP contribution is 2.27. The lowest BCUT2D eigenvalue weighted by Crippen LogP contribution is -1.84. The molecule has 3 nitrogen and oxygen atoms in total. The Morgan fingerprint density at radius 1 is 1.64 bits per heavy atom. The number of hydrogen-bond donors (Lipinski definition) is 0. The predicted octanol–water partition coefficient (Wildman–Crippen LogP) is 2.78. The maximum Gasteiger partial charge on any atom is 0.324 e. The van der Waals surface area contributed by atoms with E-state index >= 15 is 0 Å². The summed E-state index contributed by atoms with van der Waals surface area (Å²) < 4.78 is 0. The minimum atomic E-state index is -0.351. The third-order valence-electron chi connectivity index (χ3n) is 1.45. The summed E-state index contributed by atoms with van der Waals surface area (Å²) in [6.07, 6.45) is 0. The smallest absolute Gasteiger partial charge is 0.258 e. The molecule has 0 saturated heterocycles. The minimum absolute atomic E-state index is 0.230. The molecule has 0 fully saturated rings. The van der Waals surface area contributed by atoms with Gasteiger partial charge in [0.1, 0.15) is 0 Å². The van der Waals surface area contributed by atoms with Gasteiger partial charge in [0.2, 0.25) is 0 Å². The topological polar surface area (TPSA) is 43.1 Å². The summed E-state index contributed by atoms with van der Waals surface area (Å²) in [6, 6.07) is 1.63. The molecule has 0 aliphatic carbocycles. The van der Waals surface area contributed by atoms with Crippen molar-refractivity contribution >= 4 is 16.3 Å². The van der Waals surface area contributed by atoms with Crippen molar-refractivity contribution in [3.63, 3.8) is 0 Å². The van der Waals surface area contributed by atoms with E-state index in [1.54, 1.807) is 6.07 Å². The summed E-state index contributed by atoms with van der Waals surface area (Å²) >= 11 is 1.19. The maximum atomic E-state index is 10.3. The van der Waals surface area contributed by atoms with Crippen LogP contribution in [-0.2, 0) is 0 Å². The molecule has 0 amide bonds. The number of hydrogen-bond acceptors (Lipinski definition) is 3. The van der Waals surface area contributed by atoms with Crippen LogP contribution in [0.4, 0.5) is 5.00 Å². The van der Waals surface area contributed by atoms with Crippen molar-refractivity contribution in [1.82, 2.24) is 0 Å². The summed E-state index contributed by atoms with van der Waals surface area (Å²) in [5, 5.41) is 12.3. The van der Waals surface area contributed by atoms with Gasteiger partial charge >= 0.3 is 5.00 Å². The first-order valence-electron chi connectivity index (χ1n) is 3.34. The van der Waals surface area contributed by atoms with Gasteiger partial charge < -0.3 is 0 Å². The van der Waals surface area contributed by atoms with E-state index in [1.807, 2.05) is 19.2 Å². The van der Waals surface area contributed by atoms with Gasteiger partial charge in [-0.1, -0.05) is 25.2 Å². The second kappa shape index (κ2) is 3.00. The maximum absolute atomic E-state index is 10.3. The van der Waals surface area contributed by atoms with Gasteiger partial charge in [-0.05, 0) is 11.5 Å². The van der Waals surface area contributed by atoms with E-state index < -0.39 is 0 Å². The molecule has 0 bridgehead atoms. The van der Waals surface area contributed by atoms with Crippen LogP contribution in [0.25, 0.3) is 0 Å². The van der Waals surface area contributed by atoms with Gasteiger partial charge in [-0.2, -0.15) is 0 Å². The molecular formula is C7H9NO2S. The number of rotatable bonds is 2. The Hall–Kier alpha value is -0.900. The minimum Gasteiger partial charge on any atom is -0.258 e. The Labute approximate surface area is 68.8 Å². The van der Waals surface area contributed by atoms with Crippen LogP contribution in [0, 0.1) is 10.1 Å². The molecule has 1 rings (SSSR count). The van der Waals surface area contributed by atoms with Gasteiger partial charge in [-0.3, -0.25) is 10.1 Å². The molecule has 4 heteroatoms. The predicted molar refractivity (Wildman–Crippen MR) is 45.1 cm³/mol. The van der Waals surface area contributed by atoms with Crippen LogP contribution >= 0.6 is 11.3 Å². The first-order valence-corrected chi connectivity index (χ1v) is 4.22. The molecule has 0 radical (unpaired) electrons. The normalized spacial score (nSPS) is 10.5. The van der Waals surface area contributed by atoms with E-state index in [0.29, 0.717) is 5.92 Å². The van der Waals surface area contributed by atoms with E-state index in [4.69, 9.17) is 0 Å². The van der Waals surface area contributed by atoms with E-state index in [0.717, 1.165) is 5.56 Å². The van der Waals surface area contributed by atoms with Crippen LogP contribution in [0.5, 0.6) is 0 Å². The van der Waals surface area contributed by atoms with Gasteiger partial charge in [0.15, 0.2) is 0 Å². The molecule has 0 aromatic carbocycles. The van der Waals surface area contributed by atoms with Gasteiger partial charge in [-0.25, -0.2) is 0 Å². The van der Waals surface area contributed by atoms with Gasteiger partial charge in [0.25, 0.3) is 0 Å². The lowest BCUT2D eigenvalue weighted by Gasteiger charge is -1.95. The number of thiophene rings is 1. The van der Waals surface area contributed by atoms with Crippen molar-refractivity contribution in [2.24, 2.45) is 0 Å². The van der Waals surface area contributed by atoms with Gasteiger partial charge in [-0.15, -0.1) is 0 Å². The zero-order valence-electron chi connectivity index (χ0n) is 6.40. The fourth-order valence-electron chi connectivity index (χ4n) is 0.738. The van der Waals surface area contributed by atoms with Gasteiger partial charge in [0.05, 0.1) is 4.92 Å². The lowest BCUT2D eigenvalue weighted by molar-refractivity contribution is -0.380. The third-order valence-corrected chi connectivity index (χ3v) is 2.35. The SMILES string of the molecule is CC(C)c1csc([N+](=O)[O-])c1. The summed E-state index contributed by atoms with van der Waals surface area (Å²) in [6.45, 7) is 4.04. The second-order valence-electron chi connectivity index (χ2n) is 2.63. The third kappa shape index (κ3) is 1.77. The average molecular weight is 171 g/mol. The Bertz CT molecular complexity index is 267. The van der Waals surface area contributed by atoms with Crippen molar-refractivity contribution in [3.05, 3.63) is 27.1 Å². The van der Waals surface area contributed by atoms with Crippen molar-refractivity contribution in [3.8, 4) is 0 Å². The van der Waals surface area contributed by atoms with E-state index in [2.05, 4.69) is 0 Å². The van der Waals surface area contributed by atoms with E-state index in [1.165, 1.54) is 11.3 Å². The van der Waals surface area contributed by atoms with Crippen LogP contribution < -0.4 is 0 Å². The van der Waals surface area contributed by atoms with Crippen molar-refractivity contribution in [1.29, 1.82) is 0 Å². The van der Waals surface area contributed by atoms with Crippen molar-refractivity contribution < 1.29 is 4.92 Å². The van der Waals surface area contributed by atoms with Crippen LogP contribution in [-0.4, -0.2) is 4.92 Å². The molecule has 0 unspecified atom stereocenters. The molecule has 60 valence electrons. The van der Waals surface area contributed by atoms with Crippen LogP contribution in [0.2, 0.25) is 0 Å². The summed E-state index contributed by atoms with van der Waals surface area (Å²) in [5.74, 6) is 0.375. The summed E-state index contributed by atoms with van der Waals surface area (Å²) in [7, 11) is 0. The highest BCUT2D eigenvalue weighted by molar-refractivity contribution is 7.13. The molecule has 0 aliphatic rings. The molecule has 0 aliphatic heterocycles. The van der Waals surface area contributed by atoms with Crippen molar-refractivity contribution in [2.75, 3.05) is 0 Å². The fraction of sp³-hybridized carbons (Fsp3) is 0.429. The highest BCUT2D eigenvalue weighted by atomic mass is 32.1. The Balaban J connectivity index is 2.90.